The maximum Gasteiger partial charge on any atom is 0.418 e. The molecule has 1 aliphatic heterocycles. The zero-order valence-corrected chi connectivity index (χ0v) is 17.4. The van der Waals surface area contributed by atoms with Crippen molar-refractivity contribution in [2.75, 3.05) is 12.4 Å². The van der Waals surface area contributed by atoms with Crippen molar-refractivity contribution >= 4 is 17.5 Å². The van der Waals surface area contributed by atoms with Gasteiger partial charge in [-0.25, -0.2) is 4.39 Å². The predicted molar refractivity (Wildman–Crippen MR) is 109 cm³/mol. The molecule has 11 heteroatoms. The van der Waals surface area contributed by atoms with Crippen molar-refractivity contribution in [3.05, 3.63) is 53.6 Å². The third-order valence-corrected chi connectivity index (χ3v) is 5.49. The summed E-state index contributed by atoms with van der Waals surface area (Å²) in [5, 5.41) is 2.40. The Kier molecular flexibility index (Phi) is 6.33. The summed E-state index contributed by atoms with van der Waals surface area (Å²) in [6.07, 6.45) is 0.0132. The number of carbonyl (C=O) groups excluding carboxylic acids is 2. The number of nitrogens with two attached hydrogens (primary N) is 1. The molecule has 33 heavy (non-hydrogen) atoms. The second-order valence-electron chi connectivity index (χ2n) is 7.48. The first-order valence-electron chi connectivity index (χ1n) is 9.53. The predicted octanol–water partition coefficient (Wildman–Crippen LogP) is 3.02. The second-order valence-corrected chi connectivity index (χ2v) is 7.48. The van der Waals surface area contributed by atoms with Crippen LogP contribution in [0.2, 0.25) is 0 Å². The van der Waals surface area contributed by atoms with E-state index in [1.165, 1.54) is 25.4 Å². The van der Waals surface area contributed by atoms with Crippen LogP contribution in [0, 0.1) is 24.1 Å². The highest BCUT2D eigenvalue weighted by atomic mass is 19.4. The molecule has 4 atom stereocenters. The smallest absolute Gasteiger partial charge is 0.418 e. The molecular formula is C22H19F4N3O4. The third-order valence-electron chi connectivity index (χ3n) is 5.49. The van der Waals surface area contributed by atoms with Crippen molar-refractivity contribution in [2.45, 2.75) is 30.7 Å². The Hall–Kier alpha value is -3.65. The number of alkyl halides is 3. The van der Waals surface area contributed by atoms with E-state index in [9.17, 15) is 27.2 Å². The molecule has 2 heterocycles. The molecule has 1 aromatic carbocycles. The van der Waals surface area contributed by atoms with Gasteiger partial charge in [0.1, 0.15) is 23.4 Å². The molecule has 1 aliphatic rings. The number of terminal acetylenes is 1. The van der Waals surface area contributed by atoms with E-state index in [2.05, 4.69) is 16.2 Å². The second kappa shape index (κ2) is 8.71. The van der Waals surface area contributed by atoms with E-state index in [1.54, 1.807) is 0 Å². The van der Waals surface area contributed by atoms with Crippen LogP contribution in [-0.4, -0.2) is 41.8 Å². The van der Waals surface area contributed by atoms with Crippen LogP contribution in [0.15, 0.2) is 36.5 Å². The first kappa shape index (κ1) is 24.0. The number of hydrogen-bond acceptors (Lipinski definition) is 5. The number of hydrogen-bond donors (Lipinski definition) is 2. The van der Waals surface area contributed by atoms with Gasteiger partial charge in [0.15, 0.2) is 5.60 Å². The topological polar surface area (TPSA) is 104 Å². The van der Waals surface area contributed by atoms with Crippen LogP contribution >= 0.6 is 0 Å². The summed E-state index contributed by atoms with van der Waals surface area (Å²) in [7, 11) is 1.21. The Morgan fingerprint density at radius 2 is 2.00 bits per heavy atom. The molecule has 1 fully saturated rings. The Balaban J connectivity index is 2.09. The molecule has 3 rings (SSSR count). The summed E-state index contributed by atoms with van der Waals surface area (Å²) in [5.74, 6) is -3.50. The number of benzene rings is 1. The van der Waals surface area contributed by atoms with Gasteiger partial charge in [-0.05, 0) is 25.1 Å². The van der Waals surface area contributed by atoms with Crippen LogP contribution in [0.3, 0.4) is 0 Å². The minimum absolute atomic E-state index is 0.0510. The van der Waals surface area contributed by atoms with Crippen molar-refractivity contribution in [3.63, 3.8) is 0 Å². The minimum Gasteiger partial charge on any atom is -0.496 e. The number of rotatable bonds is 5. The van der Waals surface area contributed by atoms with Crippen LogP contribution in [-0.2, 0) is 9.53 Å². The van der Waals surface area contributed by atoms with Gasteiger partial charge in [0, 0.05) is 29.4 Å². The van der Waals surface area contributed by atoms with Gasteiger partial charge in [-0.3, -0.25) is 14.6 Å². The fraction of sp³-hybridized carbons (Fsp3) is 0.318. The highest BCUT2D eigenvalue weighted by Crippen LogP contribution is 2.54. The number of methoxy groups -OCH3 is 1. The summed E-state index contributed by atoms with van der Waals surface area (Å²) in [4.78, 5) is 28.2. The van der Waals surface area contributed by atoms with Gasteiger partial charge < -0.3 is 20.5 Å². The Labute approximate surface area is 186 Å². The monoisotopic (exact) mass is 465 g/mol. The molecule has 1 aromatic heterocycles. The minimum atomic E-state index is -4.93. The first-order chi connectivity index (χ1) is 15.4. The van der Waals surface area contributed by atoms with E-state index in [4.69, 9.17) is 21.6 Å². The number of aromatic nitrogens is 1. The Morgan fingerprint density at radius 3 is 2.58 bits per heavy atom. The number of anilines is 1. The first-order valence-corrected chi connectivity index (χ1v) is 9.53. The maximum atomic E-state index is 14.0. The molecule has 3 N–H and O–H groups in total. The number of nitrogens with one attached hydrogen (secondary N) is 1. The zero-order valence-electron chi connectivity index (χ0n) is 17.4. The van der Waals surface area contributed by atoms with Gasteiger partial charge in [-0.15, -0.1) is 6.42 Å². The fourth-order valence-electron chi connectivity index (χ4n) is 3.81. The lowest BCUT2D eigenvalue weighted by atomic mass is 9.76. The molecule has 2 aromatic rings. The van der Waals surface area contributed by atoms with Crippen LogP contribution in [0.1, 0.15) is 28.9 Å². The number of halogens is 4. The molecule has 0 radical (unpaired) electrons. The van der Waals surface area contributed by atoms with Crippen LogP contribution in [0.4, 0.5) is 23.2 Å². The average Bonchev–Trinajstić information content (AvgIpc) is 3.07. The molecular weight excluding hydrogens is 446 g/mol. The molecule has 1 saturated heterocycles. The molecule has 0 unspecified atom stereocenters. The quantitative estimate of drug-likeness (QED) is 0.522. The molecule has 0 aliphatic carbocycles. The van der Waals surface area contributed by atoms with E-state index in [0.717, 1.165) is 25.1 Å². The van der Waals surface area contributed by atoms with Crippen molar-refractivity contribution in [1.82, 2.24) is 4.98 Å². The standard InChI is InChI=1S/C22H19F4N3O4/c1-4-14-17(13-6-5-11(23)9-16(13)32-3)18(33-21(14,2)22(24,25)26)20(31)29-12-7-8-28-15(10-12)19(27)30/h1,5-10,14,17-18H,2-3H3,(H2,27,30)(H,28,29,31)/t14-,17+,18+,21+/m0/s1. The van der Waals surface area contributed by atoms with Crippen LogP contribution < -0.4 is 15.8 Å². The third kappa shape index (κ3) is 4.34. The highest BCUT2D eigenvalue weighted by molar-refractivity contribution is 5.97. The number of nitrogens with zero attached hydrogens (tertiary/aromatic N) is 1. The summed E-state index contributed by atoms with van der Waals surface area (Å²) in [6.45, 7) is 0.755. The van der Waals surface area contributed by atoms with Crippen molar-refractivity contribution < 1.29 is 36.6 Å². The summed E-state index contributed by atoms with van der Waals surface area (Å²) < 4.78 is 66.2. The van der Waals surface area contributed by atoms with Crippen molar-refractivity contribution in [2.24, 2.45) is 11.7 Å². The number of ether oxygens (including phenoxy) is 2. The summed E-state index contributed by atoms with van der Waals surface area (Å²) in [6, 6.07) is 5.67. The van der Waals surface area contributed by atoms with Gasteiger partial charge in [-0.1, -0.05) is 12.0 Å². The lowest BCUT2D eigenvalue weighted by Crippen LogP contribution is -2.47. The number of amides is 2. The van der Waals surface area contributed by atoms with E-state index < -0.39 is 47.3 Å². The summed E-state index contributed by atoms with van der Waals surface area (Å²) >= 11 is 0. The van der Waals surface area contributed by atoms with E-state index >= 15 is 0 Å². The van der Waals surface area contributed by atoms with Crippen LogP contribution in [0.5, 0.6) is 5.75 Å². The lowest BCUT2D eigenvalue weighted by molar-refractivity contribution is -0.269. The number of pyridine rings is 1. The van der Waals surface area contributed by atoms with Crippen molar-refractivity contribution in [3.8, 4) is 18.1 Å². The number of carbonyl (C=O) groups is 2. The van der Waals surface area contributed by atoms with Gasteiger partial charge in [0.2, 0.25) is 0 Å². The fourth-order valence-corrected chi connectivity index (χ4v) is 3.81. The molecule has 2 amide bonds. The van der Waals surface area contributed by atoms with E-state index in [1.807, 2.05) is 0 Å². The Bertz CT molecular complexity index is 1130. The van der Waals surface area contributed by atoms with E-state index in [-0.39, 0.29) is 22.7 Å². The van der Waals surface area contributed by atoms with Gasteiger partial charge in [-0.2, -0.15) is 13.2 Å². The van der Waals surface area contributed by atoms with Gasteiger partial charge >= 0.3 is 6.18 Å². The van der Waals surface area contributed by atoms with Crippen molar-refractivity contribution in [1.29, 1.82) is 0 Å². The van der Waals surface area contributed by atoms with E-state index in [0.29, 0.717) is 0 Å². The molecule has 0 spiro atoms. The normalized spacial score (nSPS) is 24.7. The lowest BCUT2D eigenvalue weighted by Gasteiger charge is -2.31. The largest absolute Gasteiger partial charge is 0.496 e. The molecule has 0 bridgehead atoms. The average molecular weight is 465 g/mol. The highest BCUT2D eigenvalue weighted by Gasteiger charge is 2.67. The van der Waals surface area contributed by atoms with Gasteiger partial charge in [0.25, 0.3) is 11.8 Å². The Morgan fingerprint density at radius 1 is 1.30 bits per heavy atom. The molecule has 7 nitrogen and oxygen atoms in total. The maximum absolute atomic E-state index is 14.0. The van der Waals surface area contributed by atoms with Gasteiger partial charge in [0.05, 0.1) is 13.0 Å². The number of primary amides is 1. The molecule has 0 saturated carbocycles. The SMILES string of the molecule is C#C[C@H]1[C@@H](c2ccc(F)cc2OC)[C@H](C(=O)Nc2ccnc(C(N)=O)c2)O[C@@]1(C)C(F)(F)F. The van der Waals surface area contributed by atoms with Crippen LogP contribution in [0.25, 0.3) is 0 Å². The summed E-state index contributed by atoms with van der Waals surface area (Å²) in [5.41, 5.74) is 2.24. The molecule has 174 valence electrons. The zero-order chi connectivity index (χ0) is 24.6.